The predicted octanol–water partition coefficient (Wildman–Crippen LogP) is 3.05. The largest absolute Gasteiger partial charge is 0.399 e. The van der Waals surface area contributed by atoms with Gasteiger partial charge in [-0.05, 0) is 23.8 Å². The van der Waals surface area contributed by atoms with E-state index in [1.165, 1.54) is 0 Å². The third-order valence-corrected chi connectivity index (χ3v) is 3.40. The van der Waals surface area contributed by atoms with Gasteiger partial charge in [0.05, 0.1) is 0 Å². The van der Waals surface area contributed by atoms with Gasteiger partial charge in [-0.3, -0.25) is 0 Å². The summed E-state index contributed by atoms with van der Waals surface area (Å²) in [7, 11) is 0. The molecule has 0 amide bonds. The van der Waals surface area contributed by atoms with Crippen LogP contribution in [0.2, 0.25) is 0 Å². The second kappa shape index (κ2) is 4.40. The molecule has 0 spiro atoms. The molecule has 0 bridgehead atoms. The number of aromatic nitrogens is 1. The van der Waals surface area contributed by atoms with Gasteiger partial charge >= 0.3 is 0 Å². The molecule has 0 saturated heterocycles. The lowest BCUT2D eigenvalue weighted by Crippen LogP contribution is -2.08. The molecule has 3 aromatic rings. The minimum Gasteiger partial charge on any atom is -0.399 e. The van der Waals surface area contributed by atoms with Crippen molar-refractivity contribution in [3.8, 4) is 11.1 Å². The van der Waals surface area contributed by atoms with Crippen LogP contribution in [0.5, 0.6) is 0 Å². The van der Waals surface area contributed by atoms with Crippen LogP contribution in [0.4, 0.5) is 5.69 Å². The maximum Gasteiger partial charge on any atom is 0.104 e. The second-order valence-corrected chi connectivity index (χ2v) is 4.89. The second-order valence-electron chi connectivity index (χ2n) is 4.45. The molecule has 0 radical (unpaired) electrons. The number of aromatic amines is 1. The highest BCUT2D eigenvalue weighted by atomic mass is 32.1. The maximum atomic E-state index is 5.78. The monoisotopic (exact) mass is 267 g/mol. The Kier molecular flexibility index (Phi) is 2.72. The Morgan fingerprint density at radius 3 is 2.74 bits per heavy atom. The summed E-state index contributed by atoms with van der Waals surface area (Å²) >= 11 is 5.02. The molecule has 0 aliphatic carbocycles. The number of anilines is 1. The highest BCUT2D eigenvalue weighted by Gasteiger charge is 2.07. The summed E-state index contributed by atoms with van der Waals surface area (Å²) in [4.78, 5) is 3.64. The minimum atomic E-state index is 0.408. The number of nitrogens with one attached hydrogen (secondary N) is 1. The van der Waals surface area contributed by atoms with Crippen LogP contribution in [0.1, 0.15) is 5.56 Å². The Hall–Kier alpha value is -2.33. The number of nitrogens with two attached hydrogens (primary N) is 2. The standard InChI is InChI=1S/C15H13N3S/c16-11-4-5-12-13(8-18-14(12)7-11)9-2-1-3-10(6-9)15(17)19/h1-8,18H,16H2,(H2,17,19). The SMILES string of the molecule is NC(=S)c1cccc(-c2c[nH]c3cc(N)ccc23)c1. The first kappa shape index (κ1) is 11.7. The van der Waals surface area contributed by atoms with Crippen LogP contribution in [0.15, 0.2) is 48.7 Å². The molecule has 0 aliphatic rings. The number of H-pyrrole nitrogens is 1. The lowest BCUT2D eigenvalue weighted by Gasteiger charge is -2.03. The summed E-state index contributed by atoms with van der Waals surface area (Å²) in [6.45, 7) is 0. The zero-order valence-corrected chi connectivity index (χ0v) is 11.0. The lowest BCUT2D eigenvalue weighted by atomic mass is 10.0. The highest BCUT2D eigenvalue weighted by Crippen LogP contribution is 2.30. The molecule has 94 valence electrons. The van der Waals surface area contributed by atoms with Gasteiger partial charge in [0.2, 0.25) is 0 Å². The van der Waals surface area contributed by atoms with Gasteiger partial charge in [0.1, 0.15) is 4.99 Å². The van der Waals surface area contributed by atoms with E-state index in [4.69, 9.17) is 23.7 Å². The van der Waals surface area contributed by atoms with E-state index in [-0.39, 0.29) is 0 Å². The summed E-state index contributed by atoms with van der Waals surface area (Å²) in [6.07, 6.45) is 1.97. The molecule has 0 fully saturated rings. The van der Waals surface area contributed by atoms with Crippen molar-refractivity contribution in [3.63, 3.8) is 0 Å². The van der Waals surface area contributed by atoms with Gasteiger partial charge in [-0.25, -0.2) is 0 Å². The summed E-state index contributed by atoms with van der Waals surface area (Å²) < 4.78 is 0. The summed E-state index contributed by atoms with van der Waals surface area (Å²) in [5.41, 5.74) is 16.3. The van der Waals surface area contributed by atoms with Gasteiger partial charge in [-0.1, -0.05) is 36.5 Å². The zero-order chi connectivity index (χ0) is 13.4. The van der Waals surface area contributed by atoms with E-state index in [1.54, 1.807) is 0 Å². The molecule has 1 heterocycles. The van der Waals surface area contributed by atoms with Gasteiger partial charge in [0.15, 0.2) is 0 Å². The van der Waals surface area contributed by atoms with Crippen molar-refractivity contribution in [1.82, 2.24) is 4.98 Å². The van der Waals surface area contributed by atoms with Crippen molar-refractivity contribution in [3.05, 3.63) is 54.2 Å². The average molecular weight is 267 g/mol. The minimum absolute atomic E-state index is 0.408. The zero-order valence-electron chi connectivity index (χ0n) is 10.2. The fraction of sp³-hybridized carbons (Fsp3) is 0. The molecular weight excluding hydrogens is 254 g/mol. The first-order valence-electron chi connectivity index (χ1n) is 5.92. The topological polar surface area (TPSA) is 67.8 Å². The van der Waals surface area contributed by atoms with Crippen LogP contribution in [-0.2, 0) is 0 Å². The van der Waals surface area contributed by atoms with E-state index in [9.17, 15) is 0 Å². The smallest absolute Gasteiger partial charge is 0.104 e. The molecule has 5 N–H and O–H groups in total. The van der Waals surface area contributed by atoms with Gasteiger partial charge in [-0.2, -0.15) is 0 Å². The van der Waals surface area contributed by atoms with Gasteiger partial charge in [-0.15, -0.1) is 0 Å². The first-order valence-corrected chi connectivity index (χ1v) is 6.33. The average Bonchev–Trinajstić information content (AvgIpc) is 2.81. The first-order chi connectivity index (χ1) is 9.15. The number of nitrogen functional groups attached to an aromatic ring is 1. The summed E-state index contributed by atoms with van der Waals surface area (Å²) in [5.74, 6) is 0. The molecule has 0 aliphatic heterocycles. The third kappa shape index (κ3) is 2.06. The van der Waals surface area contributed by atoms with Crippen molar-refractivity contribution >= 4 is 33.8 Å². The Bertz CT molecular complexity index is 774. The number of hydrogen-bond donors (Lipinski definition) is 3. The van der Waals surface area contributed by atoms with E-state index in [0.29, 0.717) is 4.99 Å². The van der Waals surface area contributed by atoms with Crippen LogP contribution >= 0.6 is 12.2 Å². The van der Waals surface area contributed by atoms with Crippen LogP contribution in [0, 0.1) is 0 Å². The van der Waals surface area contributed by atoms with Crippen LogP contribution in [0.3, 0.4) is 0 Å². The van der Waals surface area contributed by atoms with Crippen LogP contribution in [0.25, 0.3) is 22.0 Å². The number of fused-ring (bicyclic) bond motifs is 1. The molecule has 4 heteroatoms. The van der Waals surface area contributed by atoms with E-state index < -0.39 is 0 Å². The Morgan fingerprint density at radius 2 is 1.95 bits per heavy atom. The van der Waals surface area contributed by atoms with Crippen LogP contribution in [-0.4, -0.2) is 9.97 Å². The number of hydrogen-bond acceptors (Lipinski definition) is 2. The maximum absolute atomic E-state index is 5.78. The normalized spacial score (nSPS) is 10.7. The lowest BCUT2D eigenvalue weighted by molar-refractivity contribution is 1.47. The molecule has 3 rings (SSSR count). The fourth-order valence-electron chi connectivity index (χ4n) is 2.22. The van der Waals surface area contributed by atoms with Crippen molar-refractivity contribution in [1.29, 1.82) is 0 Å². The van der Waals surface area contributed by atoms with Gasteiger partial charge in [0.25, 0.3) is 0 Å². The number of benzene rings is 2. The molecule has 1 aromatic heterocycles. The predicted molar refractivity (Wildman–Crippen MR) is 84.0 cm³/mol. The van der Waals surface area contributed by atoms with Crippen molar-refractivity contribution in [2.24, 2.45) is 5.73 Å². The molecule has 3 nitrogen and oxygen atoms in total. The third-order valence-electron chi connectivity index (χ3n) is 3.16. The Morgan fingerprint density at radius 1 is 1.11 bits per heavy atom. The highest BCUT2D eigenvalue weighted by molar-refractivity contribution is 7.80. The van der Waals surface area contributed by atoms with Crippen LogP contribution < -0.4 is 11.5 Å². The molecule has 0 unspecified atom stereocenters. The Balaban J connectivity index is 2.19. The van der Waals surface area contributed by atoms with E-state index in [2.05, 4.69) is 4.98 Å². The summed E-state index contributed by atoms with van der Waals surface area (Å²) in [5, 5.41) is 1.13. The molecule has 0 saturated carbocycles. The van der Waals surface area contributed by atoms with Gasteiger partial charge in [0, 0.05) is 33.9 Å². The number of thiocarbonyl (C=S) groups is 1. The van der Waals surface area contributed by atoms with E-state index in [0.717, 1.165) is 33.3 Å². The molecule has 0 atom stereocenters. The quantitative estimate of drug-likeness (QED) is 0.494. The Labute approximate surface area is 116 Å². The van der Waals surface area contributed by atoms with Gasteiger partial charge < -0.3 is 16.5 Å². The summed E-state index contributed by atoms with van der Waals surface area (Å²) in [6, 6.07) is 13.8. The van der Waals surface area contributed by atoms with E-state index in [1.807, 2.05) is 48.7 Å². The number of rotatable bonds is 2. The van der Waals surface area contributed by atoms with E-state index >= 15 is 0 Å². The molecule has 19 heavy (non-hydrogen) atoms. The van der Waals surface area contributed by atoms with Crippen molar-refractivity contribution < 1.29 is 0 Å². The van der Waals surface area contributed by atoms with Crippen molar-refractivity contribution in [2.45, 2.75) is 0 Å². The molecular formula is C15H13N3S. The molecule has 2 aromatic carbocycles. The fourth-order valence-corrected chi connectivity index (χ4v) is 2.35. The van der Waals surface area contributed by atoms with Crippen molar-refractivity contribution in [2.75, 3.05) is 5.73 Å².